The number of carbonyl (C=O) groups is 2. The Labute approximate surface area is 177 Å². The van der Waals surface area contributed by atoms with Crippen LogP contribution in [0, 0.1) is 17.8 Å². The summed E-state index contributed by atoms with van der Waals surface area (Å²) in [5, 5.41) is 0. The van der Waals surface area contributed by atoms with E-state index in [-0.39, 0.29) is 24.5 Å². The van der Waals surface area contributed by atoms with E-state index in [1.807, 2.05) is 24.3 Å². The number of benzene rings is 1. The minimum atomic E-state index is -0.835. The minimum Gasteiger partial charge on any atom is -0.465 e. The monoisotopic (exact) mass is 409 g/mol. The van der Waals surface area contributed by atoms with Crippen LogP contribution in [0.3, 0.4) is 0 Å². The summed E-state index contributed by atoms with van der Waals surface area (Å²) in [6.45, 7) is 6.88. The predicted octanol–water partition coefficient (Wildman–Crippen LogP) is 4.51. The van der Waals surface area contributed by atoms with Gasteiger partial charge in [0, 0.05) is 6.54 Å². The number of fused-ring (bicyclic) bond motifs is 3. The fraction of sp³-hybridized carbons (Fsp3) is 0.542. The van der Waals surface area contributed by atoms with E-state index in [4.69, 9.17) is 9.72 Å². The Hall–Kier alpha value is -2.63. The summed E-state index contributed by atoms with van der Waals surface area (Å²) in [6.07, 6.45) is 7.96. The van der Waals surface area contributed by atoms with Crippen LogP contribution in [0.4, 0.5) is 5.95 Å². The molecule has 160 valence electrons. The molecule has 0 bridgehead atoms. The number of hydrogen-bond donors (Lipinski definition) is 0. The van der Waals surface area contributed by atoms with Crippen LogP contribution in [0.2, 0.25) is 0 Å². The first-order valence-electron chi connectivity index (χ1n) is 11.1. The van der Waals surface area contributed by atoms with Crippen molar-refractivity contribution in [2.24, 2.45) is 17.8 Å². The zero-order valence-corrected chi connectivity index (χ0v) is 18.1. The molecule has 2 aliphatic rings. The van der Waals surface area contributed by atoms with Gasteiger partial charge in [-0.05, 0) is 56.6 Å². The molecule has 1 aromatic heterocycles. The Balaban J connectivity index is 1.89. The van der Waals surface area contributed by atoms with E-state index >= 15 is 0 Å². The van der Waals surface area contributed by atoms with Gasteiger partial charge in [0.1, 0.15) is 0 Å². The van der Waals surface area contributed by atoms with E-state index in [1.54, 1.807) is 11.8 Å². The van der Waals surface area contributed by atoms with Gasteiger partial charge in [0.2, 0.25) is 11.9 Å². The lowest BCUT2D eigenvalue weighted by atomic mass is 9.79. The Morgan fingerprint density at radius 1 is 1.27 bits per heavy atom. The van der Waals surface area contributed by atoms with Gasteiger partial charge in [0.05, 0.1) is 23.7 Å². The first kappa shape index (κ1) is 20.6. The minimum absolute atomic E-state index is 0.170. The van der Waals surface area contributed by atoms with Gasteiger partial charge in [-0.25, -0.2) is 4.98 Å². The van der Waals surface area contributed by atoms with Gasteiger partial charge in [-0.2, -0.15) is 0 Å². The number of aromatic nitrogens is 2. The molecule has 30 heavy (non-hydrogen) atoms. The molecule has 0 saturated carbocycles. The number of nitrogens with zero attached hydrogens (tertiary/aromatic N) is 3. The number of anilines is 1. The standard InChI is InChI=1S/C24H31N3O3/c1-4-30-23(29)20-21(17-10-6-5-7-11-17)27-19-13-9-8-12-18(19)25-24(27)26(22(20)28)15-14-16(2)3/h5-6,8-9,12-13,16-17,20-21H,4,7,10-11,14-15H2,1-3H3/t17-,20-,21-/m1/s1. The van der Waals surface area contributed by atoms with Crippen LogP contribution in [0.15, 0.2) is 36.4 Å². The Kier molecular flexibility index (Phi) is 5.93. The molecule has 6 nitrogen and oxygen atoms in total. The molecule has 0 N–H and O–H groups in total. The lowest BCUT2D eigenvalue weighted by molar-refractivity contribution is -0.155. The molecule has 2 heterocycles. The molecular weight excluding hydrogens is 378 g/mol. The molecule has 2 aromatic rings. The lowest BCUT2D eigenvalue weighted by Gasteiger charge is -2.41. The van der Waals surface area contributed by atoms with E-state index in [9.17, 15) is 9.59 Å². The van der Waals surface area contributed by atoms with Crippen LogP contribution in [-0.4, -0.2) is 34.6 Å². The molecule has 1 aliphatic carbocycles. The zero-order chi connectivity index (χ0) is 21.3. The second kappa shape index (κ2) is 8.62. The van der Waals surface area contributed by atoms with Crippen molar-refractivity contribution in [1.82, 2.24) is 9.55 Å². The van der Waals surface area contributed by atoms with E-state index in [0.29, 0.717) is 18.4 Å². The average Bonchev–Trinajstić information content (AvgIpc) is 3.12. The van der Waals surface area contributed by atoms with Gasteiger partial charge < -0.3 is 9.30 Å². The van der Waals surface area contributed by atoms with Crippen LogP contribution >= 0.6 is 0 Å². The number of imidazole rings is 1. The molecular formula is C24H31N3O3. The molecule has 3 atom stereocenters. The normalized spacial score (nSPS) is 23.8. The molecule has 6 heteroatoms. The number of esters is 1. The second-order valence-corrected chi connectivity index (χ2v) is 8.71. The van der Waals surface area contributed by atoms with Crippen molar-refractivity contribution in [3.05, 3.63) is 36.4 Å². The third kappa shape index (κ3) is 3.64. The maximum Gasteiger partial charge on any atom is 0.320 e. The first-order valence-corrected chi connectivity index (χ1v) is 11.1. The van der Waals surface area contributed by atoms with Crippen LogP contribution in [0.25, 0.3) is 11.0 Å². The summed E-state index contributed by atoms with van der Waals surface area (Å²) in [5.41, 5.74) is 1.83. The summed E-state index contributed by atoms with van der Waals surface area (Å²) < 4.78 is 7.57. The Morgan fingerprint density at radius 2 is 2.07 bits per heavy atom. The molecule has 1 aliphatic heterocycles. The highest BCUT2D eigenvalue weighted by molar-refractivity contribution is 6.08. The van der Waals surface area contributed by atoms with Crippen LogP contribution in [0.1, 0.15) is 52.5 Å². The summed E-state index contributed by atoms with van der Waals surface area (Å²) in [6, 6.07) is 7.69. The van der Waals surface area contributed by atoms with Crippen molar-refractivity contribution >= 4 is 28.9 Å². The summed E-state index contributed by atoms with van der Waals surface area (Å²) in [4.78, 5) is 33.4. The number of allylic oxidation sites excluding steroid dienone is 2. The number of carbonyl (C=O) groups excluding carboxylic acids is 2. The summed E-state index contributed by atoms with van der Waals surface area (Å²) in [7, 11) is 0. The highest BCUT2D eigenvalue weighted by atomic mass is 16.5. The van der Waals surface area contributed by atoms with Gasteiger partial charge in [-0.1, -0.05) is 38.1 Å². The molecule has 0 radical (unpaired) electrons. The van der Waals surface area contributed by atoms with Crippen molar-refractivity contribution in [2.75, 3.05) is 18.1 Å². The van der Waals surface area contributed by atoms with E-state index in [0.717, 1.165) is 36.7 Å². The maximum absolute atomic E-state index is 13.7. The van der Waals surface area contributed by atoms with Crippen LogP contribution in [-0.2, 0) is 14.3 Å². The largest absolute Gasteiger partial charge is 0.465 e. The molecule has 1 amide bonds. The number of hydrogen-bond acceptors (Lipinski definition) is 4. The van der Waals surface area contributed by atoms with Gasteiger partial charge in [0.15, 0.2) is 5.92 Å². The van der Waals surface area contributed by atoms with Gasteiger partial charge >= 0.3 is 5.97 Å². The Bertz CT molecular complexity index is 962. The SMILES string of the molecule is CCOC(=O)[C@H]1C(=O)N(CCC(C)C)c2nc3ccccc3n2[C@@H]1[C@@H]1CC=CCC1. The highest BCUT2D eigenvalue weighted by Gasteiger charge is 2.49. The molecule has 0 saturated heterocycles. The van der Waals surface area contributed by atoms with Crippen LogP contribution in [0.5, 0.6) is 0 Å². The second-order valence-electron chi connectivity index (χ2n) is 8.71. The number of rotatable bonds is 6. The van der Waals surface area contributed by atoms with Gasteiger partial charge in [0.25, 0.3) is 0 Å². The van der Waals surface area contributed by atoms with Crippen molar-refractivity contribution in [3.8, 4) is 0 Å². The van der Waals surface area contributed by atoms with Crippen molar-refractivity contribution in [3.63, 3.8) is 0 Å². The quantitative estimate of drug-likeness (QED) is 0.400. The Morgan fingerprint density at radius 3 is 2.77 bits per heavy atom. The fourth-order valence-corrected chi connectivity index (χ4v) is 4.76. The van der Waals surface area contributed by atoms with Gasteiger partial charge in [-0.3, -0.25) is 14.5 Å². The highest BCUT2D eigenvalue weighted by Crippen LogP contribution is 2.44. The molecule has 0 fully saturated rings. The molecule has 0 spiro atoms. The third-order valence-corrected chi connectivity index (χ3v) is 6.25. The summed E-state index contributed by atoms with van der Waals surface area (Å²) in [5.74, 6) is -0.119. The van der Waals surface area contributed by atoms with Gasteiger partial charge in [-0.15, -0.1) is 0 Å². The van der Waals surface area contributed by atoms with Crippen LogP contribution < -0.4 is 4.90 Å². The van der Waals surface area contributed by atoms with Crippen molar-refractivity contribution in [2.45, 2.75) is 52.5 Å². The molecule has 0 unspecified atom stereocenters. The van der Waals surface area contributed by atoms with E-state index in [2.05, 4.69) is 30.6 Å². The zero-order valence-electron chi connectivity index (χ0n) is 18.1. The maximum atomic E-state index is 13.7. The molecule has 1 aromatic carbocycles. The van der Waals surface area contributed by atoms with E-state index < -0.39 is 11.9 Å². The predicted molar refractivity (Wildman–Crippen MR) is 117 cm³/mol. The third-order valence-electron chi connectivity index (χ3n) is 6.25. The molecule has 4 rings (SSSR count). The first-order chi connectivity index (χ1) is 14.5. The average molecular weight is 410 g/mol. The topological polar surface area (TPSA) is 64.4 Å². The van der Waals surface area contributed by atoms with Crippen molar-refractivity contribution in [1.29, 1.82) is 0 Å². The fourth-order valence-electron chi connectivity index (χ4n) is 4.76. The smallest absolute Gasteiger partial charge is 0.320 e. The summed E-state index contributed by atoms with van der Waals surface area (Å²) >= 11 is 0. The van der Waals surface area contributed by atoms with E-state index in [1.165, 1.54) is 0 Å². The van der Waals surface area contributed by atoms with Crippen molar-refractivity contribution < 1.29 is 14.3 Å². The number of ether oxygens (including phenoxy) is 1. The lowest BCUT2D eigenvalue weighted by Crippen LogP contribution is -2.52. The number of para-hydroxylation sites is 2. The number of amides is 1.